The Balaban J connectivity index is 1.62. The molecule has 30 heavy (non-hydrogen) atoms. The Bertz CT molecular complexity index is 1060. The van der Waals surface area contributed by atoms with Gasteiger partial charge in [0, 0.05) is 10.6 Å². The smallest absolute Gasteiger partial charge is 0.489 e. The van der Waals surface area contributed by atoms with E-state index in [2.05, 4.69) is 15.0 Å². The van der Waals surface area contributed by atoms with E-state index in [-0.39, 0.29) is 29.5 Å². The number of nitrogens with one attached hydrogen (secondary N) is 1. The molecule has 2 N–H and O–H groups in total. The lowest BCUT2D eigenvalue weighted by molar-refractivity contribution is 0.0950. The zero-order valence-corrected chi connectivity index (χ0v) is 17.0. The van der Waals surface area contributed by atoms with Gasteiger partial charge in [-0.2, -0.15) is 0 Å². The number of hydrogen-bond donors (Lipinski definition) is 2. The second-order valence-corrected chi connectivity index (χ2v) is 6.87. The summed E-state index contributed by atoms with van der Waals surface area (Å²) in [7, 11) is 0. The van der Waals surface area contributed by atoms with Crippen molar-refractivity contribution >= 4 is 35.3 Å². The molecule has 1 aromatic heterocycles. The number of halogens is 2. The Morgan fingerprint density at radius 3 is 2.47 bits per heavy atom. The fourth-order valence-electron chi connectivity index (χ4n) is 2.49. The second kappa shape index (κ2) is 9.96. The largest absolute Gasteiger partial charge is 0.511 e. The van der Waals surface area contributed by atoms with Crippen molar-refractivity contribution in [3.8, 4) is 11.5 Å². The van der Waals surface area contributed by atoms with E-state index in [1.54, 1.807) is 30.3 Å². The molecular weight excluding hydrogens is 431 g/mol. The molecule has 0 radical (unpaired) electrons. The maximum absolute atomic E-state index is 12.5. The molecule has 0 spiro atoms. The molecule has 0 aliphatic carbocycles. The summed E-state index contributed by atoms with van der Waals surface area (Å²) in [6.45, 7) is 0.365. The van der Waals surface area contributed by atoms with Crippen LogP contribution in [0.2, 0.25) is 10.0 Å². The highest BCUT2D eigenvalue weighted by atomic mass is 35.5. The van der Waals surface area contributed by atoms with Gasteiger partial charge in [0.05, 0.1) is 29.0 Å². The Morgan fingerprint density at radius 1 is 1.00 bits per heavy atom. The summed E-state index contributed by atoms with van der Waals surface area (Å²) in [6.07, 6.45) is -0.171. The molecule has 0 unspecified atom stereocenters. The highest BCUT2D eigenvalue weighted by Gasteiger charge is 2.13. The van der Waals surface area contributed by atoms with E-state index in [4.69, 9.17) is 33.0 Å². The minimum Gasteiger partial charge on any atom is -0.489 e. The molecule has 0 atom stereocenters. The molecule has 3 aromatic rings. The number of amides is 1. The molecular formula is C21H16Cl2N2O5. The van der Waals surface area contributed by atoms with Gasteiger partial charge in [0.1, 0.15) is 12.4 Å². The number of hydrogen-bond acceptors (Lipinski definition) is 5. The van der Waals surface area contributed by atoms with Crippen LogP contribution in [0.5, 0.6) is 11.5 Å². The summed E-state index contributed by atoms with van der Waals surface area (Å²) in [5, 5.41) is 12.1. The molecule has 1 heterocycles. The topological polar surface area (TPSA) is 97.8 Å². The molecule has 0 saturated heterocycles. The van der Waals surface area contributed by atoms with Crippen LogP contribution in [0.25, 0.3) is 0 Å². The number of carboxylic acid groups (broad SMARTS) is 1. The van der Waals surface area contributed by atoms with Gasteiger partial charge >= 0.3 is 6.16 Å². The van der Waals surface area contributed by atoms with Crippen molar-refractivity contribution in [3.05, 3.63) is 87.7 Å². The Hall–Kier alpha value is -3.29. The maximum atomic E-state index is 12.5. The zero-order valence-electron chi connectivity index (χ0n) is 15.5. The summed E-state index contributed by atoms with van der Waals surface area (Å²) in [5.74, 6) is 0.151. The minimum absolute atomic E-state index is 0.0870. The monoisotopic (exact) mass is 446 g/mol. The quantitative estimate of drug-likeness (QED) is 0.498. The van der Waals surface area contributed by atoms with Crippen molar-refractivity contribution in [1.29, 1.82) is 0 Å². The highest BCUT2D eigenvalue weighted by molar-refractivity contribution is 6.34. The van der Waals surface area contributed by atoms with Gasteiger partial charge in [-0.25, -0.2) is 4.79 Å². The molecule has 0 saturated carbocycles. The van der Waals surface area contributed by atoms with Crippen LogP contribution in [0.3, 0.4) is 0 Å². The first-order valence-electron chi connectivity index (χ1n) is 8.72. The fraction of sp³-hybridized carbons (Fsp3) is 0.0952. The number of carbonyl (C=O) groups excluding carboxylic acids is 1. The zero-order chi connectivity index (χ0) is 21.5. The average molecular weight is 447 g/mol. The third-order valence-corrected chi connectivity index (χ3v) is 4.67. The molecule has 0 fully saturated rings. The van der Waals surface area contributed by atoms with Crippen molar-refractivity contribution in [2.75, 3.05) is 0 Å². The molecule has 0 aliphatic heterocycles. The lowest BCUT2D eigenvalue weighted by Gasteiger charge is -2.11. The third kappa shape index (κ3) is 5.85. The lowest BCUT2D eigenvalue weighted by Crippen LogP contribution is -2.23. The van der Waals surface area contributed by atoms with E-state index in [0.717, 1.165) is 5.56 Å². The van der Waals surface area contributed by atoms with Gasteiger partial charge < -0.3 is 19.9 Å². The molecule has 0 bridgehead atoms. The van der Waals surface area contributed by atoms with Crippen molar-refractivity contribution < 1.29 is 24.2 Å². The van der Waals surface area contributed by atoms with E-state index < -0.39 is 12.1 Å². The van der Waals surface area contributed by atoms with Gasteiger partial charge in [0.2, 0.25) is 0 Å². The summed E-state index contributed by atoms with van der Waals surface area (Å²) >= 11 is 12.3. The van der Waals surface area contributed by atoms with E-state index in [9.17, 15) is 9.59 Å². The van der Waals surface area contributed by atoms with Gasteiger partial charge in [-0.05, 0) is 36.4 Å². The predicted octanol–water partition coefficient (Wildman–Crippen LogP) is 4.95. The number of ether oxygens (including phenoxy) is 2. The van der Waals surface area contributed by atoms with E-state index >= 15 is 0 Å². The molecule has 9 heteroatoms. The molecule has 7 nitrogen and oxygen atoms in total. The van der Waals surface area contributed by atoms with Gasteiger partial charge in [-0.3, -0.25) is 9.78 Å². The van der Waals surface area contributed by atoms with E-state index in [0.29, 0.717) is 16.5 Å². The molecule has 0 aliphatic rings. The Kier molecular flexibility index (Phi) is 7.11. The summed E-state index contributed by atoms with van der Waals surface area (Å²) in [6, 6.07) is 15.1. The van der Waals surface area contributed by atoms with Crippen molar-refractivity contribution in [1.82, 2.24) is 10.3 Å². The number of pyridine rings is 1. The predicted molar refractivity (Wildman–Crippen MR) is 111 cm³/mol. The summed E-state index contributed by atoms with van der Waals surface area (Å²) in [4.78, 5) is 27.1. The standard InChI is InChI=1S/C21H16Cl2N2O5/c22-18-4-2-1-3-13(18)12-29-15-7-8-19(23)17(9-15)20(26)25-10-14-5-6-16(11-24-14)30-21(27)28/h1-9,11H,10,12H2,(H,25,26)(H,27,28). The number of rotatable bonds is 7. The first-order chi connectivity index (χ1) is 14.4. The van der Waals surface area contributed by atoms with Gasteiger partial charge in [-0.15, -0.1) is 0 Å². The van der Waals surface area contributed by atoms with Crippen LogP contribution >= 0.6 is 23.2 Å². The second-order valence-electron chi connectivity index (χ2n) is 6.06. The Labute approximate surface area is 182 Å². The lowest BCUT2D eigenvalue weighted by atomic mass is 10.2. The summed E-state index contributed by atoms with van der Waals surface area (Å²) in [5.41, 5.74) is 1.59. The maximum Gasteiger partial charge on any atom is 0.511 e. The van der Waals surface area contributed by atoms with Crippen molar-refractivity contribution in [3.63, 3.8) is 0 Å². The van der Waals surface area contributed by atoms with Gasteiger partial charge in [0.15, 0.2) is 5.75 Å². The SMILES string of the molecule is O=C(O)Oc1ccc(CNC(=O)c2cc(OCc3ccccc3Cl)ccc2Cl)nc1. The van der Waals surface area contributed by atoms with Crippen LogP contribution in [0, 0.1) is 0 Å². The number of nitrogens with zero attached hydrogens (tertiary/aromatic N) is 1. The van der Waals surface area contributed by atoms with E-state index in [1.807, 2.05) is 18.2 Å². The highest BCUT2D eigenvalue weighted by Crippen LogP contribution is 2.24. The van der Waals surface area contributed by atoms with Crippen LogP contribution in [0.1, 0.15) is 21.6 Å². The van der Waals surface area contributed by atoms with Crippen LogP contribution in [-0.4, -0.2) is 22.2 Å². The molecule has 1 amide bonds. The van der Waals surface area contributed by atoms with Crippen molar-refractivity contribution in [2.45, 2.75) is 13.2 Å². The summed E-state index contributed by atoms with van der Waals surface area (Å²) < 4.78 is 10.2. The average Bonchev–Trinajstić information content (AvgIpc) is 2.73. The molecule has 154 valence electrons. The molecule has 2 aromatic carbocycles. The first kappa shape index (κ1) is 21.4. The fourth-order valence-corrected chi connectivity index (χ4v) is 2.88. The van der Waals surface area contributed by atoms with E-state index in [1.165, 1.54) is 12.3 Å². The van der Waals surface area contributed by atoms with Crippen LogP contribution in [-0.2, 0) is 13.2 Å². The number of aromatic nitrogens is 1. The van der Waals surface area contributed by atoms with Crippen molar-refractivity contribution in [2.24, 2.45) is 0 Å². The third-order valence-electron chi connectivity index (χ3n) is 3.97. The normalized spacial score (nSPS) is 10.3. The van der Waals surface area contributed by atoms with Gasteiger partial charge in [-0.1, -0.05) is 41.4 Å². The molecule has 3 rings (SSSR count). The number of carbonyl (C=O) groups is 2. The van der Waals surface area contributed by atoms with Crippen LogP contribution < -0.4 is 14.8 Å². The Morgan fingerprint density at radius 2 is 1.77 bits per heavy atom. The minimum atomic E-state index is -1.43. The number of benzene rings is 2. The van der Waals surface area contributed by atoms with Gasteiger partial charge in [0.25, 0.3) is 5.91 Å². The first-order valence-corrected chi connectivity index (χ1v) is 9.47. The van der Waals surface area contributed by atoms with Crippen LogP contribution in [0.15, 0.2) is 60.8 Å². The van der Waals surface area contributed by atoms with Crippen LogP contribution in [0.4, 0.5) is 4.79 Å².